The largest absolute Gasteiger partial charge is 0.252 e. The van der Waals surface area contributed by atoms with E-state index in [-0.39, 0.29) is 0 Å². The molecule has 0 N–H and O–H groups in total. The van der Waals surface area contributed by atoms with E-state index in [2.05, 4.69) is 57.2 Å². The second kappa shape index (κ2) is 6.44. The van der Waals surface area contributed by atoms with E-state index in [9.17, 15) is 0 Å². The highest BCUT2D eigenvalue weighted by Crippen LogP contribution is 2.34. The molecule has 0 atom stereocenters. The van der Waals surface area contributed by atoms with Crippen LogP contribution in [0.25, 0.3) is 32.6 Å². The van der Waals surface area contributed by atoms with Crippen LogP contribution in [-0.2, 0) is 19.3 Å². The smallest absolute Gasteiger partial charge is 0.0975 e. The minimum absolute atomic E-state index is 0.977. The molecule has 0 bridgehead atoms. The van der Waals surface area contributed by atoms with Gasteiger partial charge in [-0.2, -0.15) is 0 Å². The molecule has 4 rings (SSSR count). The fraction of sp³-hybridized carbons (Fsp3) is 0.304. The number of hydrogen-bond acceptors (Lipinski definition) is 2. The molecular formula is C23H24N2. The van der Waals surface area contributed by atoms with Gasteiger partial charge in [0.2, 0.25) is 0 Å². The molecule has 0 aliphatic heterocycles. The number of fused-ring (bicyclic) bond motifs is 6. The average molecular weight is 328 g/mol. The van der Waals surface area contributed by atoms with E-state index in [0.717, 1.165) is 42.4 Å². The van der Waals surface area contributed by atoms with Crippen molar-refractivity contribution >= 4 is 32.6 Å². The normalized spacial score (nSPS) is 11.6. The molecule has 0 spiro atoms. The Bertz CT molecular complexity index is 1080. The third kappa shape index (κ3) is 2.66. The summed E-state index contributed by atoms with van der Waals surface area (Å²) in [5.41, 5.74) is 5.87. The Morgan fingerprint density at radius 3 is 1.88 bits per heavy atom. The highest BCUT2D eigenvalue weighted by molar-refractivity contribution is 6.23. The predicted octanol–water partition coefficient (Wildman–Crippen LogP) is 6.01. The second-order valence-electron chi connectivity index (χ2n) is 6.78. The van der Waals surface area contributed by atoms with Gasteiger partial charge in [-0.05, 0) is 53.3 Å². The molecule has 1 heterocycles. The lowest BCUT2D eigenvalue weighted by Gasteiger charge is -2.12. The summed E-state index contributed by atoms with van der Waals surface area (Å²) in [5, 5.41) is 5.02. The van der Waals surface area contributed by atoms with Crippen molar-refractivity contribution < 1.29 is 0 Å². The van der Waals surface area contributed by atoms with Gasteiger partial charge >= 0.3 is 0 Å². The molecule has 0 aliphatic carbocycles. The molecule has 0 amide bonds. The molecular weight excluding hydrogens is 304 g/mol. The fourth-order valence-corrected chi connectivity index (χ4v) is 3.67. The van der Waals surface area contributed by atoms with Crippen molar-refractivity contribution in [1.29, 1.82) is 0 Å². The zero-order valence-corrected chi connectivity index (χ0v) is 15.3. The van der Waals surface area contributed by atoms with Crippen LogP contribution < -0.4 is 0 Å². The maximum absolute atomic E-state index is 5.01. The summed E-state index contributed by atoms with van der Waals surface area (Å²) in [6, 6.07) is 13.6. The van der Waals surface area contributed by atoms with Crippen LogP contribution >= 0.6 is 0 Å². The van der Waals surface area contributed by atoms with Gasteiger partial charge in [0.05, 0.1) is 16.7 Å². The van der Waals surface area contributed by atoms with Gasteiger partial charge in [-0.1, -0.05) is 51.5 Å². The standard InChI is InChI=1S/C23H24N2/c1-4-7-17-14-24-22-20-12-15(5-2)8-10-18(20)19-11-9-16(6-3)13-21(19)23(22)25-17/h8-14H,4-7H2,1-3H3. The summed E-state index contributed by atoms with van der Waals surface area (Å²) >= 11 is 0. The molecule has 3 aromatic carbocycles. The Morgan fingerprint density at radius 1 is 0.720 bits per heavy atom. The number of aromatic nitrogens is 2. The van der Waals surface area contributed by atoms with Crippen molar-refractivity contribution in [2.45, 2.75) is 46.5 Å². The zero-order valence-electron chi connectivity index (χ0n) is 15.3. The monoisotopic (exact) mass is 328 g/mol. The third-order valence-electron chi connectivity index (χ3n) is 5.11. The molecule has 2 heteroatoms. The van der Waals surface area contributed by atoms with Gasteiger partial charge in [-0.25, -0.2) is 4.98 Å². The zero-order chi connectivity index (χ0) is 17.4. The van der Waals surface area contributed by atoms with Crippen LogP contribution in [0.15, 0.2) is 42.6 Å². The lowest BCUT2D eigenvalue weighted by molar-refractivity contribution is 0.882. The number of aryl methyl sites for hydroxylation is 3. The third-order valence-corrected chi connectivity index (χ3v) is 5.11. The van der Waals surface area contributed by atoms with Crippen LogP contribution in [0.5, 0.6) is 0 Å². The van der Waals surface area contributed by atoms with E-state index in [1.54, 1.807) is 0 Å². The Kier molecular flexibility index (Phi) is 4.12. The van der Waals surface area contributed by atoms with Gasteiger partial charge < -0.3 is 0 Å². The van der Waals surface area contributed by atoms with Crippen LogP contribution in [-0.4, -0.2) is 9.97 Å². The van der Waals surface area contributed by atoms with Crippen molar-refractivity contribution in [3.63, 3.8) is 0 Å². The van der Waals surface area contributed by atoms with Crippen LogP contribution in [0.4, 0.5) is 0 Å². The van der Waals surface area contributed by atoms with Gasteiger partial charge in [0.1, 0.15) is 0 Å². The molecule has 0 radical (unpaired) electrons. The van der Waals surface area contributed by atoms with Gasteiger partial charge in [0.25, 0.3) is 0 Å². The van der Waals surface area contributed by atoms with Gasteiger partial charge in [0, 0.05) is 17.0 Å². The summed E-state index contributed by atoms with van der Waals surface area (Å²) in [7, 11) is 0. The molecule has 25 heavy (non-hydrogen) atoms. The minimum Gasteiger partial charge on any atom is -0.252 e. The predicted molar refractivity (Wildman–Crippen MR) is 107 cm³/mol. The first-order chi connectivity index (χ1) is 12.2. The Hall–Kier alpha value is -2.48. The first-order valence-corrected chi connectivity index (χ1v) is 9.38. The summed E-state index contributed by atoms with van der Waals surface area (Å²) in [6.07, 6.45) is 6.09. The number of benzene rings is 3. The van der Waals surface area contributed by atoms with Gasteiger partial charge in [-0.15, -0.1) is 0 Å². The SMILES string of the molecule is CCCc1cnc2c3cc(CC)ccc3c3ccc(CC)cc3c2n1. The Morgan fingerprint density at radius 2 is 1.32 bits per heavy atom. The number of rotatable bonds is 4. The second-order valence-corrected chi connectivity index (χ2v) is 6.78. The number of nitrogens with zero attached hydrogens (tertiary/aromatic N) is 2. The van der Waals surface area contributed by atoms with Crippen molar-refractivity contribution in [2.24, 2.45) is 0 Å². The topological polar surface area (TPSA) is 25.8 Å². The number of hydrogen-bond donors (Lipinski definition) is 0. The van der Waals surface area contributed by atoms with E-state index >= 15 is 0 Å². The molecule has 2 nitrogen and oxygen atoms in total. The highest BCUT2D eigenvalue weighted by atomic mass is 14.8. The maximum atomic E-state index is 5.01. The van der Waals surface area contributed by atoms with E-state index < -0.39 is 0 Å². The van der Waals surface area contributed by atoms with E-state index in [4.69, 9.17) is 9.97 Å². The molecule has 0 saturated carbocycles. The molecule has 0 unspecified atom stereocenters. The quantitative estimate of drug-likeness (QED) is 0.428. The summed E-state index contributed by atoms with van der Waals surface area (Å²) in [5.74, 6) is 0. The summed E-state index contributed by atoms with van der Waals surface area (Å²) < 4.78 is 0. The first-order valence-electron chi connectivity index (χ1n) is 9.38. The van der Waals surface area contributed by atoms with E-state index in [0.29, 0.717) is 0 Å². The van der Waals surface area contributed by atoms with Crippen molar-refractivity contribution in [3.8, 4) is 0 Å². The Balaban J connectivity index is 2.19. The minimum atomic E-state index is 0.977. The molecule has 126 valence electrons. The van der Waals surface area contributed by atoms with Gasteiger partial charge in [0.15, 0.2) is 0 Å². The summed E-state index contributed by atoms with van der Waals surface area (Å²) in [6.45, 7) is 6.59. The maximum Gasteiger partial charge on any atom is 0.0975 e. The molecule has 0 aliphatic rings. The summed E-state index contributed by atoms with van der Waals surface area (Å²) in [4.78, 5) is 9.86. The van der Waals surface area contributed by atoms with Crippen LogP contribution in [0.2, 0.25) is 0 Å². The van der Waals surface area contributed by atoms with Crippen LogP contribution in [0.3, 0.4) is 0 Å². The van der Waals surface area contributed by atoms with Crippen molar-refractivity contribution in [2.75, 3.05) is 0 Å². The van der Waals surface area contributed by atoms with Crippen LogP contribution in [0.1, 0.15) is 44.0 Å². The molecule has 0 fully saturated rings. The van der Waals surface area contributed by atoms with Gasteiger partial charge in [-0.3, -0.25) is 4.98 Å². The average Bonchev–Trinajstić information content (AvgIpc) is 2.67. The lowest BCUT2D eigenvalue weighted by atomic mass is 9.95. The molecule has 1 aromatic heterocycles. The van der Waals surface area contributed by atoms with Crippen molar-refractivity contribution in [1.82, 2.24) is 9.97 Å². The molecule has 4 aromatic rings. The van der Waals surface area contributed by atoms with Crippen LogP contribution in [0, 0.1) is 0 Å². The van der Waals surface area contributed by atoms with Crippen molar-refractivity contribution in [3.05, 3.63) is 59.4 Å². The first kappa shape index (κ1) is 16.0. The molecule has 0 saturated heterocycles. The fourth-order valence-electron chi connectivity index (χ4n) is 3.67. The van der Waals surface area contributed by atoms with E-state index in [1.165, 1.54) is 32.7 Å². The lowest BCUT2D eigenvalue weighted by Crippen LogP contribution is -1.96. The van der Waals surface area contributed by atoms with E-state index in [1.807, 2.05) is 6.20 Å². The highest BCUT2D eigenvalue weighted by Gasteiger charge is 2.12. The Labute approximate surface area is 148 Å².